The van der Waals surface area contributed by atoms with Gasteiger partial charge in [0.25, 0.3) is 0 Å². The Morgan fingerprint density at radius 1 is 0.933 bits per heavy atom. The van der Waals surface area contributed by atoms with E-state index >= 15 is 0 Å². The Morgan fingerprint density at radius 2 is 1.50 bits per heavy atom. The summed E-state index contributed by atoms with van der Waals surface area (Å²) in [6.45, 7) is 1.80. The predicted octanol–water partition coefficient (Wildman–Crippen LogP) is 5.02. The highest BCUT2D eigenvalue weighted by atomic mass is 32.2. The van der Waals surface area contributed by atoms with Crippen LogP contribution in [-0.2, 0) is 14.8 Å². The summed E-state index contributed by atoms with van der Waals surface area (Å²) >= 11 is 1.54. The molecule has 0 aliphatic heterocycles. The van der Waals surface area contributed by atoms with Gasteiger partial charge in [0.05, 0.1) is 17.6 Å². The molecule has 3 aromatic carbocycles. The lowest BCUT2D eigenvalue weighted by Crippen LogP contribution is -2.47. The number of benzene rings is 3. The molecule has 0 radical (unpaired) electrons. The molecule has 0 saturated heterocycles. The van der Waals surface area contributed by atoms with Crippen LogP contribution in [0.15, 0.2) is 94.7 Å². The zero-order valence-corrected chi connectivity index (χ0v) is 18.5. The fourth-order valence-corrected chi connectivity index (χ4v) is 5.26. The Bertz CT molecular complexity index is 1090. The molecule has 1 N–H and O–H groups in total. The number of carbonyl (C=O) groups is 1. The maximum absolute atomic E-state index is 13.2. The fraction of sp³-hybridized carbons (Fsp3) is 0.174. The van der Waals surface area contributed by atoms with Gasteiger partial charge >= 0.3 is 0 Å². The van der Waals surface area contributed by atoms with Crippen molar-refractivity contribution >= 4 is 39.1 Å². The van der Waals surface area contributed by atoms with Crippen LogP contribution in [-0.4, -0.2) is 26.6 Å². The highest BCUT2D eigenvalue weighted by Crippen LogP contribution is 2.33. The Hall–Kier alpha value is -2.77. The quantitative estimate of drug-likeness (QED) is 0.534. The predicted molar refractivity (Wildman–Crippen MR) is 123 cm³/mol. The molecule has 0 bridgehead atoms. The summed E-state index contributed by atoms with van der Waals surface area (Å²) < 4.78 is 26.3. The van der Waals surface area contributed by atoms with Gasteiger partial charge in [-0.1, -0.05) is 67.2 Å². The van der Waals surface area contributed by atoms with Gasteiger partial charge in [-0.05, 0) is 42.8 Å². The number of para-hydroxylation sites is 2. The van der Waals surface area contributed by atoms with Crippen molar-refractivity contribution in [2.24, 2.45) is 0 Å². The number of sulfonamides is 1. The third kappa shape index (κ3) is 5.43. The number of rotatable bonds is 8. The molecular weight excluding hydrogens is 416 g/mol. The topological polar surface area (TPSA) is 66.5 Å². The summed E-state index contributed by atoms with van der Waals surface area (Å²) in [5.41, 5.74) is 1.12. The maximum Gasteiger partial charge on any atom is 0.248 e. The Kier molecular flexibility index (Phi) is 7.18. The summed E-state index contributed by atoms with van der Waals surface area (Å²) in [6, 6.07) is 25.2. The Labute approximate surface area is 182 Å². The highest BCUT2D eigenvalue weighted by Gasteiger charge is 2.31. The molecule has 0 fully saturated rings. The van der Waals surface area contributed by atoms with E-state index in [0.717, 1.165) is 16.0 Å². The lowest BCUT2D eigenvalue weighted by molar-refractivity contribution is -0.117. The number of hydrogen-bond donors (Lipinski definition) is 1. The Balaban J connectivity index is 1.88. The largest absolute Gasteiger partial charge is 0.323 e. The van der Waals surface area contributed by atoms with Crippen molar-refractivity contribution in [1.29, 1.82) is 0 Å². The van der Waals surface area contributed by atoms with Gasteiger partial charge in [0.1, 0.15) is 6.04 Å². The molecule has 0 aliphatic rings. The molecule has 0 heterocycles. The molecule has 156 valence electrons. The summed E-state index contributed by atoms with van der Waals surface area (Å²) in [6.07, 6.45) is 1.46. The molecule has 7 heteroatoms. The van der Waals surface area contributed by atoms with Crippen LogP contribution in [0.25, 0.3) is 0 Å². The first kappa shape index (κ1) is 21.9. The van der Waals surface area contributed by atoms with Crippen LogP contribution < -0.4 is 9.62 Å². The first-order valence-electron chi connectivity index (χ1n) is 9.57. The van der Waals surface area contributed by atoms with Gasteiger partial charge in [0.2, 0.25) is 15.9 Å². The van der Waals surface area contributed by atoms with Gasteiger partial charge in [0, 0.05) is 9.79 Å². The van der Waals surface area contributed by atoms with Crippen LogP contribution >= 0.6 is 11.8 Å². The minimum atomic E-state index is -3.66. The molecule has 3 rings (SSSR count). The second kappa shape index (κ2) is 9.82. The van der Waals surface area contributed by atoms with Crippen molar-refractivity contribution in [2.45, 2.75) is 29.2 Å². The van der Waals surface area contributed by atoms with Crippen LogP contribution in [0, 0.1) is 0 Å². The van der Waals surface area contributed by atoms with Crippen molar-refractivity contribution in [3.63, 3.8) is 0 Å². The van der Waals surface area contributed by atoms with Crippen molar-refractivity contribution in [1.82, 2.24) is 0 Å². The van der Waals surface area contributed by atoms with Crippen LogP contribution in [0.2, 0.25) is 0 Å². The van der Waals surface area contributed by atoms with E-state index in [2.05, 4.69) is 5.32 Å². The number of nitrogens with one attached hydrogen (secondary N) is 1. The van der Waals surface area contributed by atoms with E-state index in [4.69, 9.17) is 0 Å². The third-order valence-electron chi connectivity index (χ3n) is 4.46. The van der Waals surface area contributed by atoms with Gasteiger partial charge in [-0.3, -0.25) is 9.10 Å². The molecular formula is C23H24N2O3S2. The molecule has 0 saturated carbocycles. The number of nitrogens with zero attached hydrogens (tertiary/aromatic N) is 1. The van der Waals surface area contributed by atoms with E-state index in [0.29, 0.717) is 17.8 Å². The second-order valence-corrected chi connectivity index (χ2v) is 9.69. The minimum absolute atomic E-state index is 0.335. The molecule has 0 aromatic heterocycles. The number of amides is 1. The lowest BCUT2D eigenvalue weighted by Gasteiger charge is -2.30. The molecule has 0 unspecified atom stereocenters. The van der Waals surface area contributed by atoms with Gasteiger partial charge < -0.3 is 5.32 Å². The summed E-state index contributed by atoms with van der Waals surface area (Å²) in [4.78, 5) is 15.1. The molecule has 1 atom stereocenters. The van der Waals surface area contributed by atoms with Gasteiger partial charge in [0.15, 0.2) is 0 Å². The van der Waals surface area contributed by atoms with Crippen LogP contribution in [0.4, 0.5) is 11.4 Å². The lowest BCUT2D eigenvalue weighted by atomic mass is 10.2. The SMILES string of the molecule is CC[C@H](C(=O)Nc1ccccc1Sc1ccccc1)N(c1ccccc1)S(C)(=O)=O. The van der Waals surface area contributed by atoms with Crippen LogP contribution in [0.1, 0.15) is 13.3 Å². The average molecular weight is 441 g/mol. The summed E-state index contributed by atoms with van der Waals surface area (Å²) in [7, 11) is -3.66. The van der Waals surface area contributed by atoms with E-state index in [1.165, 1.54) is 16.1 Å². The first-order chi connectivity index (χ1) is 14.4. The van der Waals surface area contributed by atoms with Gasteiger partial charge in [-0.15, -0.1) is 0 Å². The molecule has 5 nitrogen and oxygen atoms in total. The number of anilines is 2. The normalized spacial score (nSPS) is 12.2. The average Bonchev–Trinajstić information content (AvgIpc) is 2.73. The first-order valence-corrected chi connectivity index (χ1v) is 12.2. The smallest absolute Gasteiger partial charge is 0.248 e. The number of carbonyl (C=O) groups excluding carboxylic acids is 1. The van der Waals surface area contributed by atoms with Gasteiger partial charge in [-0.2, -0.15) is 0 Å². The van der Waals surface area contributed by atoms with E-state index in [1.807, 2.05) is 60.7 Å². The molecule has 1 amide bonds. The number of hydrogen-bond acceptors (Lipinski definition) is 4. The minimum Gasteiger partial charge on any atom is -0.323 e. The van der Waals surface area contributed by atoms with Crippen molar-refractivity contribution in [3.05, 3.63) is 84.9 Å². The van der Waals surface area contributed by atoms with Crippen molar-refractivity contribution < 1.29 is 13.2 Å². The van der Waals surface area contributed by atoms with Crippen LogP contribution in [0.5, 0.6) is 0 Å². The van der Waals surface area contributed by atoms with E-state index < -0.39 is 16.1 Å². The van der Waals surface area contributed by atoms with E-state index in [1.54, 1.807) is 31.2 Å². The molecule has 0 spiro atoms. The molecule has 30 heavy (non-hydrogen) atoms. The third-order valence-corrected chi connectivity index (χ3v) is 6.72. The van der Waals surface area contributed by atoms with Gasteiger partial charge in [-0.25, -0.2) is 8.42 Å². The molecule has 3 aromatic rings. The van der Waals surface area contributed by atoms with E-state index in [-0.39, 0.29) is 5.91 Å². The van der Waals surface area contributed by atoms with Crippen molar-refractivity contribution in [2.75, 3.05) is 15.9 Å². The van der Waals surface area contributed by atoms with Crippen LogP contribution in [0.3, 0.4) is 0 Å². The Morgan fingerprint density at radius 3 is 2.10 bits per heavy atom. The zero-order chi connectivity index (χ0) is 21.6. The standard InChI is InChI=1S/C23H24N2O3S2/c1-3-21(25(30(2,27)28)18-12-6-4-7-13-18)23(26)24-20-16-10-11-17-22(20)29-19-14-8-5-9-15-19/h4-17,21H,3H2,1-2H3,(H,24,26)/t21-/m1/s1. The van der Waals surface area contributed by atoms with E-state index in [9.17, 15) is 13.2 Å². The maximum atomic E-state index is 13.2. The van der Waals surface area contributed by atoms with Crippen molar-refractivity contribution in [3.8, 4) is 0 Å². The second-order valence-electron chi connectivity index (χ2n) is 6.72. The monoisotopic (exact) mass is 440 g/mol. The highest BCUT2D eigenvalue weighted by molar-refractivity contribution is 7.99. The summed E-state index contributed by atoms with van der Waals surface area (Å²) in [5, 5.41) is 2.94. The summed E-state index contributed by atoms with van der Waals surface area (Å²) in [5.74, 6) is -0.368. The fourth-order valence-electron chi connectivity index (χ4n) is 3.13. The molecule has 0 aliphatic carbocycles. The zero-order valence-electron chi connectivity index (χ0n) is 16.9.